The van der Waals surface area contributed by atoms with Crippen molar-refractivity contribution in [2.24, 2.45) is 0 Å². The second-order valence-corrected chi connectivity index (χ2v) is 6.52. The van der Waals surface area contributed by atoms with E-state index in [1.807, 2.05) is 18.2 Å². The standard InChI is InChI=1S/C18H16BrFO5/c19-12-3-5-16-17(7-12)24-10-14(25-16)9-23-13-4-1-11(15(20)8-13)2-6-18(21)22/h1,3-5,7-8,14H,2,6,9-10H2,(H,21,22). The lowest BCUT2D eigenvalue weighted by molar-refractivity contribution is -0.136. The van der Waals surface area contributed by atoms with Crippen LogP contribution in [0.1, 0.15) is 12.0 Å². The van der Waals surface area contributed by atoms with Gasteiger partial charge in [0, 0.05) is 17.0 Å². The molecule has 1 unspecified atom stereocenters. The molecule has 25 heavy (non-hydrogen) atoms. The van der Waals surface area contributed by atoms with E-state index in [9.17, 15) is 9.18 Å². The van der Waals surface area contributed by atoms with Crippen LogP contribution >= 0.6 is 15.9 Å². The summed E-state index contributed by atoms with van der Waals surface area (Å²) in [7, 11) is 0. The van der Waals surface area contributed by atoms with E-state index in [2.05, 4.69) is 15.9 Å². The summed E-state index contributed by atoms with van der Waals surface area (Å²) in [5, 5.41) is 8.66. The van der Waals surface area contributed by atoms with Crippen LogP contribution in [0, 0.1) is 5.82 Å². The SMILES string of the molecule is O=C(O)CCc1ccc(OCC2COc3cc(Br)ccc3O2)cc1F. The van der Waals surface area contributed by atoms with Gasteiger partial charge in [-0.05, 0) is 36.2 Å². The average molecular weight is 411 g/mol. The van der Waals surface area contributed by atoms with Crippen LogP contribution in [0.3, 0.4) is 0 Å². The Labute approximate surface area is 152 Å². The number of rotatable bonds is 6. The first-order valence-corrected chi connectivity index (χ1v) is 8.52. The van der Waals surface area contributed by atoms with E-state index in [0.717, 1.165) is 4.47 Å². The zero-order valence-electron chi connectivity index (χ0n) is 13.2. The van der Waals surface area contributed by atoms with Gasteiger partial charge in [0.05, 0.1) is 0 Å². The summed E-state index contributed by atoms with van der Waals surface area (Å²) in [6.07, 6.45) is -0.267. The molecule has 1 atom stereocenters. The third kappa shape index (κ3) is 4.63. The van der Waals surface area contributed by atoms with Gasteiger partial charge in [0.15, 0.2) is 17.6 Å². The molecule has 3 rings (SSSR count). The number of ether oxygens (including phenoxy) is 3. The van der Waals surface area contributed by atoms with Crippen molar-refractivity contribution in [1.29, 1.82) is 0 Å². The Bertz CT molecular complexity index is 780. The molecular weight excluding hydrogens is 395 g/mol. The summed E-state index contributed by atoms with van der Waals surface area (Å²) in [5.41, 5.74) is 0.353. The lowest BCUT2D eigenvalue weighted by Crippen LogP contribution is -2.34. The lowest BCUT2D eigenvalue weighted by Gasteiger charge is -2.26. The van der Waals surface area contributed by atoms with Gasteiger partial charge in [0.1, 0.15) is 24.8 Å². The summed E-state index contributed by atoms with van der Waals surface area (Å²) >= 11 is 3.37. The molecule has 1 heterocycles. The molecule has 0 aromatic heterocycles. The maximum absolute atomic E-state index is 14.0. The minimum absolute atomic E-state index is 0.111. The van der Waals surface area contributed by atoms with Gasteiger partial charge in [-0.15, -0.1) is 0 Å². The normalized spacial score (nSPS) is 15.7. The minimum Gasteiger partial charge on any atom is -0.489 e. The number of fused-ring (bicyclic) bond motifs is 1. The van der Waals surface area contributed by atoms with Gasteiger partial charge in [-0.3, -0.25) is 4.79 Å². The smallest absolute Gasteiger partial charge is 0.303 e. The van der Waals surface area contributed by atoms with Crippen molar-refractivity contribution in [2.75, 3.05) is 13.2 Å². The molecule has 7 heteroatoms. The van der Waals surface area contributed by atoms with Gasteiger partial charge in [-0.2, -0.15) is 0 Å². The number of aryl methyl sites for hydroxylation is 1. The third-order valence-corrected chi connectivity index (χ3v) is 4.19. The highest BCUT2D eigenvalue weighted by molar-refractivity contribution is 9.10. The molecule has 1 N–H and O–H groups in total. The molecule has 2 aromatic rings. The first-order chi connectivity index (χ1) is 12.0. The Hall–Kier alpha value is -2.28. The highest BCUT2D eigenvalue weighted by Crippen LogP contribution is 2.34. The van der Waals surface area contributed by atoms with Crippen LogP contribution in [0.25, 0.3) is 0 Å². The fourth-order valence-corrected chi connectivity index (χ4v) is 2.76. The number of hydrogen-bond acceptors (Lipinski definition) is 4. The zero-order chi connectivity index (χ0) is 17.8. The first kappa shape index (κ1) is 17.5. The lowest BCUT2D eigenvalue weighted by atomic mass is 10.1. The van der Waals surface area contributed by atoms with Gasteiger partial charge < -0.3 is 19.3 Å². The van der Waals surface area contributed by atoms with E-state index >= 15 is 0 Å². The van der Waals surface area contributed by atoms with Crippen LogP contribution in [-0.2, 0) is 11.2 Å². The molecule has 0 radical (unpaired) electrons. The van der Waals surface area contributed by atoms with E-state index in [1.165, 1.54) is 6.07 Å². The fourth-order valence-electron chi connectivity index (χ4n) is 2.42. The monoisotopic (exact) mass is 410 g/mol. The number of aliphatic carboxylic acids is 1. The predicted octanol–water partition coefficient (Wildman–Crippen LogP) is 3.82. The predicted molar refractivity (Wildman–Crippen MR) is 91.9 cm³/mol. The molecule has 5 nitrogen and oxygen atoms in total. The van der Waals surface area contributed by atoms with Crippen LogP contribution in [0.5, 0.6) is 17.2 Å². The summed E-state index contributed by atoms with van der Waals surface area (Å²) in [4.78, 5) is 10.6. The van der Waals surface area contributed by atoms with Crippen molar-refractivity contribution >= 4 is 21.9 Å². The summed E-state index contributed by atoms with van der Waals surface area (Å²) in [6, 6.07) is 9.91. The van der Waals surface area contributed by atoms with E-state index in [4.69, 9.17) is 19.3 Å². The Morgan fingerprint density at radius 3 is 2.88 bits per heavy atom. The Balaban J connectivity index is 1.56. The number of carbonyl (C=O) groups is 1. The zero-order valence-corrected chi connectivity index (χ0v) is 14.8. The largest absolute Gasteiger partial charge is 0.489 e. The Kier molecular flexibility index (Phi) is 5.43. The van der Waals surface area contributed by atoms with Crippen LogP contribution in [0.4, 0.5) is 4.39 Å². The maximum Gasteiger partial charge on any atom is 0.303 e. The van der Waals surface area contributed by atoms with E-state index in [1.54, 1.807) is 12.1 Å². The molecule has 0 bridgehead atoms. The molecule has 2 aromatic carbocycles. The topological polar surface area (TPSA) is 65.0 Å². The molecule has 0 amide bonds. The molecule has 0 saturated heterocycles. The minimum atomic E-state index is -0.957. The van der Waals surface area contributed by atoms with Crippen molar-refractivity contribution in [2.45, 2.75) is 18.9 Å². The molecular formula is C18H16BrFO5. The Morgan fingerprint density at radius 2 is 2.12 bits per heavy atom. The molecule has 0 fully saturated rings. The van der Waals surface area contributed by atoms with Gasteiger partial charge in [0.25, 0.3) is 0 Å². The quantitative estimate of drug-likeness (QED) is 0.783. The van der Waals surface area contributed by atoms with Crippen molar-refractivity contribution in [3.63, 3.8) is 0 Å². The van der Waals surface area contributed by atoms with E-state index < -0.39 is 11.8 Å². The second kappa shape index (κ2) is 7.74. The maximum atomic E-state index is 14.0. The average Bonchev–Trinajstić information content (AvgIpc) is 2.59. The highest BCUT2D eigenvalue weighted by atomic mass is 79.9. The van der Waals surface area contributed by atoms with E-state index in [0.29, 0.717) is 29.4 Å². The molecule has 0 aliphatic carbocycles. The van der Waals surface area contributed by atoms with Gasteiger partial charge in [0.2, 0.25) is 0 Å². The van der Waals surface area contributed by atoms with Crippen LogP contribution in [0.2, 0.25) is 0 Å². The van der Waals surface area contributed by atoms with Crippen molar-refractivity contribution < 1.29 is 28.5 Å². The number of hydrogen-bond donors (Lipinski definition) is 1. The number of carboxylic acid groups (broad SMARTS) is 1. The molecule has 0 saturated carbocycles. The summed E-state index contributed by atoms with van der Waals surface area (Å²) < 4.78 is 31.9. The molecule has 1 aliphatic rings. The van der Waals surface area contributed by atoms with Gasteiger partial charge in [-0.25, -0.2) is 4.39 Å². The van der Waals surface area contributed by atoms with Crippen molar-refractivity contribution in [1.82, 2.24) is 0 Å². The van der Waals surface area contributed by atoms with Crippen molar-refractivity contribution in [3.8, 4) is 17.2 Å². The summed E-state index contributed by atoms with van der Waals surface area (Å²) in [5.74, 6) is 0.232. The third-order valence-electron chi connectivity index (χ3n) is 3.69. The van der Waals surface area contributed by atoms with Gasteiger partial charge in [-0.1, -0.05) is 22.0 Å². The first-order valence-electron chi connectivity index (χ1n) is 7.73. The van der Waals surface area contributed by atoms with Crippen LogP contribution in [0.15, 0.2) is 40.9 Å². The molecule has 0 spiro atoms. The number of halogens is 2. The summed E-state index contributed by atoms with van der Waals surface area (Å²) in [6.45, 7) is 0.548. The van der Waals surface area contributed by atoms with Crippen LogP contribution < -0.4 is 14.2 Å². The van der Waals surface area contributed by atoms with Gasteiger partial charge >= 0.3 is 5.97 Å². The molecule has 1 aliphatic heterocycles. The van der Waals surface area contributed by atoms with Crippen LogP contribution in [-0.4, -0.2) is 30.4 Å². The van der Waals surface area contributed by atoms with Crippen molar-refractivity contribution in [3.05, 3.63) is 52.3 Å². The highest BCUT2D eigenvalue weighted by Gasteiger charge is 2.22. The van der Waals surface area contributed by atoms with E-state index in [-0.39, 0.29) is 25.6 Å². The number of benzene rings is 2. The second-order valence-electron chi connectivity index (χ2n) is 5.60. The molecule has 132 valence electrons. The number of carboxylic acids is 1. The fraction of sp³-hybridized carbons (Fsp3) is 0.278. The Morgan fingerprint density at radius 1 is 1.28 bits per heavy atom.